The van der Waals surface area contributed by atoms with Crippen LogP contribution in [0.1, 0.15) is 36.5 Å². The highest BCUT2D eigenvalue weighted by Crippen LogP contribution is 2.36. The van der Waals surface area contributed by atoms with E-state index < -0.39 is 15.6 Å². The summed E-state index contributed by atoms with van der Waals surface area (Å²) >= 11 is 0. The number of anilines is 1. The Bertz CT molecular complexity index is 972. The fourth-order valence-electron chi connectivity index (χ4n) is 3.42. The van der Waals surface area contributed by atoms with E-state index in [9.17, 15) is 18.3 Å². The summed E-state index contributed by atoms with van der Waals surface area (Å²) in [7, 11) is -3.79. The quantitative estimate of drug-likeness (QED) is 0.708. The number of amides is 1. The number of sulfonamides is 1. The van der Waals surface area contributed by atoms with Crippen LogP contribution in [0.15, 0.2) is 47.4 Å². The maximum Gasteiger partial charge on any atom is 0.240 e. The largest absolute Gasteiger partial charge is 0.384 e. The van der Waals surface area contributed by atoms with Gasteiger partial charge in [0.25, 0.3) is 0 Å². The zero-order valence-electron chi connectivity index (χ0n) is 15.5. The van der Waals surface area contributed by atoms with Gasteiger partial charge in [0, 0.05) is 18.7 Å². The maximum atomic E-state index is 12.7. The van der Waals surface area contributed by atoms with Gasteiger partial charge < -0.3 is 10.4 Å². The lowest BCUT2D eigenvalue weighted by Gasteiger charge is -2.24. The lowest BCUT2D eigenvalue weighted by Crippen LogP contribution is -2.39. The fourth-order valence-corrected chi connectivity index (χ4v) is 4.74. The van der Waals surface area contributed by atoms with Gasteiger partial charge in [0.15, 0.2) is 0 Å². The maximum absolute atomic E-state index is 12.7. The number of benzene rings is 2. The van der Waals surface area contributed by atoms with Crippen molar-refractivity contribution < 1.29 is 18.3 Å². The van der Waals surface area contributed by atoms with E-state index in [1.54, 1.807) is 26.0 Å². The van der Waals surface area contributed by atoms with Crippen molar-refractivity contribution in [2.45, 2.75) is 43.6 Å². The molecule has 0 radical (unpaired) electrons. The Morgan fingerprint density at radius 1 is 1.22 bits per heavy atom. The Hall–Kier alpha value is -2.22. The number of nitrogens with one attached hydrogen (secondary N) is 2. The van der Waals surface area contributed by atoms with E-state index in [4.69, 9.17) is 0 Å². The Morgan fingerprint density at radius 2 is 1.96 bits per heavy atom. The van der Waals surface area contributed by atoms with E-state index in [0.29, 0.717) is 24.1 Å². The molecule has 6 nitrogen and oxygen atoms in total. The minimum Gasteiger partial charge on any atom is -0.384 e. The zero-order valence-corrected chi connectivity index (χ0v) is 16.3. The number of carbonyl (C=O) groups excluding carboxylic acids is 1. The average molecular weight is 388 g/mol. The summed E-state index contributed by atoms with van der Waals surface area (Å²) in [4.78, 5) is 11.6. The van der Waals surface area contributed by atoms with Gasteiger partial charge in [-0.3, -0.25) is 4.79 Å². The summed E-state index contributed by atoms with van der Waals surface area (Å²) in [5.74, 6) is -0.134. The first kappa shape index (κ1) is 19.5. The molecule has 2 aromatic rings. The first-order valence-corrected chi connectivity index (χ1v) is 10.4. The first-order chi connectivity index (χ1) is 12.7. The molecule has 2 aromatic carbocycles. The number of hydrogen-bond acceptors (Lipinski definition) is 4. The van der Waals surface area contributed by atoms with Crippen LogP contribution in [0.25, 0.3) is 0 Å². The van der Waals surface area contributed by atoms with Crippen LogP contribution in [0.5, 0.6) is 0 Å². The molecule has 0 aliphatic heterocycles. The van der Waals surface area contributed by atoms with E-state index >= 15 is 0 Å². The van der Waals surface area contributed by atoms with Gasteiger partial charge in [0.1, 0.15) is 5.60 Å². The van der Waals surface area contributed by atoms with Gasteiger partial charge in [0.05, 0.1) is 4.90 Å². The van der Waals surface area contributed by atoms with Crippen molar-refractivity contribution >= 4 is 21.6 Å². The highest BCUT2D eigenvalue weighted by Gasteiger charge is 2.37. The molecule has 3 rings (SSSR count). The smallest absolute Gasteiger partial charge is 0.240 e. The second-order valence-electron chi connectivity index (χ2n) is 6.90. The van der Waals surface area contributed by atoms with Crippen LogP contribution < -0.4 is 10.0 Å². The molecular formula is C20H24N2O4S. The number of carbonyl (C=O) groups is 1. The zero-order chi connectivity index (χ0) is 19.7. The van der Waals surface area contributed by atoms with Crippen molar-refractivity contribution in [3.05, 3.63) is 59.2 Å². The van der Waals surface area contributed by atoms with E-state index in [2.05, 4.69) is 10.0 Å². The molecule has 0 saturated carbocycles. The molecule has 0 spiro atoms. The number of aliphatic hydroxyl groups is 1. The van der Waals surface area contributed by atoms with Crippen LogP contribution >= 0.6 is 0 Å². The lowest BCUT2D eigenvalue weighted by atomic mass is 9.96. The molecule has 0 aromatic heterocycles. The number of fused-ring (bicyclic) bond motifs is 1. The molecule has 1 aliphatic rings. The third kappa shape index (κ3) is 4.05. The van der Waals surface area contributed by atoms with E-state index in [0.717, 1.165) is 17.5 Å². The first-order valence-electron chi connectivity index (χ1n) is 8.96. The van der Waals surface area contributed by atoms with Crippen LogP contribution in [0, 0.1) is 6.92 Å². The fraction of sp³-hybridized carbons (Fsp3) is 0.350. The number of hydrogen-bond donors (Lipinski definition) is 3. The molecule has 0 fully saturated rings. The van der Waals surface area contributed by atoms with Gasteiger partial charge in [-0.25, -0.2) is 13.1 Å². The molecule has 0 saturated heterocycles. The average Bonchev–Trinajstić information content (AvgIpc) is 2.98. The molecule has 1 aliphatic carbocycles. The summed E-state index contributed by atoms with van der Waals surface area (Å²) in [6.07, 6.45) is 1.55. The standard InChI is InChI=1S/C20H24N2O4S/c1-3-19(23)22-16-8-9-18(14(2)12-16)27(25,26)21-13-20(24)11-10-15-6-4-5-7-17(15)20/h4-9,12,21,24H,3,10-11,13H2,1-2H3,(H,22,23). The van der Waals surface area contributed by atoms with Crippen LogP contribution in [-0.2, 0) is 26.8 Å². The number of rotatable bonds is 6. The molecule has 27 heavy (non-hydrogen) atoms. The predicted octanol–water partition coefficient (Wildman–Crippen LogP) is 2.46. The highest BCUT2D eigenvalue weighted by molar-refractivity contribution is 7.89. The molecular weight excluding hydrogens is 364 g/mol. The molecule has 144 valence electrons. The van der Waals surface area contributed by atoms with Crippen molar-refractivity contribution in [1.82, 2.24) is 4.72 Å². The Kier molecular flexibility index (Phi) is 5.37. The van der Waals surface area contributed by atoms with Gasteiger partial charge in [-0.1, -0.05) is 31.2 Å². The summed E-state index contributed by atoms with van der Waals surface area (Å²) < 4.78 is 28.0. The topological polar surface area (TPSA) is 95.5 Å². The predicted molar refractivity (Wildman–Crippen MR) is 104 cm³/mol. The number of aryl methyl sites for hydroxylation is 2. The van der Waals surface area contributed by atoms with Crippen LogP contribution in [0.2, 0.25) is 0 Å². The van der Waals surface area contributed by atoms with Crippen molar-refractivity contribution in [1.29, 1.82) is 0 Å². The van der Waals surface area contributed by atoms with Gasteiger partial charge in [-0.05, 0) is 54.7 Å². The second-order valence-corrected chi connectivity index (χ2v) is 8.63. The SMILES string of the molecule is CCC(=O)Nc1ccc(S(=O)(=O)NCC2(O)CCc3ccccc32)c(C)c1. The third-order valence-corrected chi connectivity index (χ3v) is 6.51. The normalized spacial score (nSPS) is 18.9. The molecule has 7 heteroatoms. The molecule has 1 amide bonds. The molecule has 1 atom stereocenters. The van der Waals surface area contributed by atoms with Gasteiger partial charge in [-0.15, -0.1) is 0 Å². The molecule has 0 bridgehead atoms. The van der Waals surface area contributed by atoms with Gasteiger partial charge in [-0.2, -0.15) is 0 Å². The summed E-state index contributed by atoms with van der Waals surface area (Å²) in [6.45, 7) is 3.34. The molecule has 3 N–H and O–H groups in total. The summed E-state index contributed by atoms with van der Waals surface area (Å²) in [6, 6.07) is 12.2. The van der Waals surface area contributed by atoms with Gasteiger partial charge >= 0.3 is 0 Å². The lowest BCUT2D eigenvalue weighted by molar-refractivity contribution is -0.115. The van der Waals surface area contributed by atoms with Crippen molar-refractivity contribution in [2.75, 3.05) is 11.9 Å². The second kappa shape index (κ2) is 7.42. The molecule has 1 unspecified atom stereocenters. The van der Waals surface area contributed by atoms with Crippen molar-refractivity contribution in [3.8, 4) is 0 Å². The Balaban J connectivity index is 1.77. The minimum atomic E-state index is -3.79. The highest BCUT2D eigenvalue weighted by atomic mass is 32.2. The summed E-state index contributed by atoms with van der Waals surface area (Å²) in [5.41, 5.74) is 1.71. The minimum absolute atomic E-state index is 0.0832. The van der Waals surface area contributed by atoms with Gasteiger partial charge in [0.2, 0.25) is 15.9 Å². The summed E-state index contributed by atoms with van der Waals surface area (Å²) in [5, 5.41) is 13.6. The van der Waals surface area contributed by atoms with Crippen LogP contribution in [-0.4, -0.2) is 26.0 Å². The Labute approximate surface area is 159 Å². The van der Waals surface area contributed by atoms with Crippen molar-refractivity contribution in [3.63, 3.8) is 0 Å². The van der Waals surface area contributed by atoms with Crippen molar-refractivity contribution in [2.24, 2.45) is 0 Å². The van der Waals surface area contributed by atoms with Crippen LogP contribution in [0.4, 0.5) is 5.69 Å². The van der Waals surface area contributed by atoms with E-state index in [1.807, 2.05) is 24.3 Å². The van der Waals surface area contributed by atoms with E-state index in [-0.39, 0.29) is 17.3 Å². The Morgan fingerprint density at radius 3 is 2.67 bits per heavy atom. The van der Waals surface area contributed by atoms with Crippen LogP contribution in [0.3, 0.4) is 0 Å². The third-order valence-electron chi connectivity index (χ3n) is 4.95. The monoisotopic (exact) mass is 388 g/mol. The van der Waals surface area contributed by atoms with E-state index in [1.165, 1.54) is 6.07 Å². The molecule has 0 heterocycles.